The molecule has 0 aliphatic heterocycles. The van der Waals surface area contributed by atoms with Crippen LogP contribution in [0.4, 0.5) is 0 Å². The van der Waals surface area contributed by atoms with Crippen molar-refractivity contribution in [2.75, 3.05) is 20.2 Å². The summed E-state index contributed by atoms with van der Waals surface area (Å²) < 4.78 is 25.8. The van der Waals surface area contributed by atoms with Crippen LogP contribution in [0, 0.1) is 18.8 Å². The van der Waals surface area contributed by atoms with Crippen molar-refractivity contribution in [1.29, 1.82) is 0 Å². The van der Waals surface area contributed by atoms with E-state index >= 15 is 0 Å². The second kappa shape index (κ2) is 7.57. The molecule has 0 aliphatic rings. The molecule has 5 nitrogen and oxygen atoms in total. The van der Waals surface area contributed by atoms with E-state index in [1.165, 1.54) is 20.0 Å². The van der Waals surface area contributed by atoms with Gasteiger partial charge >= 0.3 is 0 Å². The summed E-state index contributed by atoms with van der Waals surface area (Å²) in [4.78, 5) is 0.177. The van der Waals surface area contributed by atoms with Gasteiger partial charge in [0.2, 0.25) is 10.0 Å². The van der Waals surface area contributed by atoms with Crippen molar-refractivity contribution in [2.45, 2.75) is 31.3 Å². The summed E-state index contributed by atoms with van der Waals surface area (Å²) in [6.07, 6.45) is -0.342. The molecule has 0 amide bonds. The highest BCUT2D eigenvalue weighted by atomic mass is 32.2. The Hall–Kier alpha value is -1.39. The van der Waals surface area contributed by atoms with Crippen LogP contribution < -0.4 is 0 Å². The van der Waals surface area contributed by atoms with Gasteiger partial charge in [-0.05, 0) is 37.6 Å². The van der Waals surface area contributed by atoms with E-state index in [0.29, 0.717) is 6.42 Å². The molecule has 1 rings (SSSR count). The zero-order valence-electron chi connectivity index (χ0n) is 12.5. The van der Waals surface area contributed by atoms with E-state index in [1.807, 2.05) is 0 Å². The number of benzene rings is 1. The number of aliphatic hydroxyl groups is 2. The van der Waals surface area contributed by atoms with Gasteiger partial charge in [0.15, 0.2) is 0 Å². The van der Waals surface area contributed by atoms with Gasteiger partial charge in [-0.15, -0.1) is 0 Å². The van der Waals surface area contributed by atoms with Crippen LogP contribution in [0.5, 0.6) is 0 Å². The van der Waals surface area contributed by atoms with Gasteiger partial charge in [-0.1, -0.05) is 11.8 Å². The number of nitrogens with zero attached hydrogens (tertiary/aromatic N) is 1. The predicted octanol–water partition coefficient (Wildman–Crippen LogP) is 0.730. The van der Waals surface area contributed by atoms with E-state index in [0.717, 1.165) is 15.4 Å². The molecule has 0 aromatic heterocycles. The predicted molar refractivity (Wildman–Crippen MR) is 81.3 cm³/mol. The average Bonchev–Trinajstić information content (AvgIpc) is 2.39. The third-order valence-electron chi connectivity index (χ3n) is 2.89. The molecule has 0 radical (unpaired) electrons. The van der Waals surface area contributed by atoms with Crippen molar-refractivity contribution in [3.8, 4) is 11.8 Å². The highest BCUT2D eigenvalue weighted by Gasteiger charge is 2.22. The van der Waals surface area contributed by atoms with Gasteiger partial charge in [-0.2, -0.15) is 4.31 Å². The average molecular weight is 311 g/mol. The fourth-order valence-corrected chi connectivity index (χ4v) is 3.14. The molecule has 0 saturated carbocycles. The van der Waals surface area contributed by atoms with E-state index < -0.39 is 16.1 Å². The molecule has 1 unspecified atom stereocenters. The number of hydrogen-bond acceptors (Lipinski definition) is 4. The lowest BCUT2D eigenvalue weighted by atomic mass is 10.1. The van der Waals surface area contributed by atoms with Crippen LogP contribution in [0.25, 0.3) is 0 Å². The van der Waals surface area contributed by atoms with E-state index in [-0.39, 0.29) is 18.0 Å². The lowest BCUT2D eigenvalue weighted by Gasteiger charge is -2.19. The number of rotatable bonds is 5. The fourth-order valence-electron chi connectivity index (χ4n) is 1.80. The summed E-state index contributed by atoms with van der Waals surface area (Å²) in [5.74, 6) is 5.70. The molecular weight excluding hydrogens is 290 g/mol. The van der Waals surface area contributed by atoms with Crippen molar-refractivity contribution >= 4 is 10.0 Å². The Bertz CT molecular complexity index is 641. The van der Waals surface area contributed by atoms with E-state index in [9.17, 15) is 13.5 Å². The summed E-state index contributed by atoms with van der Waals surface area (Å²) in [6, 6.07) is 4.73. The van der Waals surface area contributed by atoms with Crippen LogP contribution in [0.15, 0.2) is 23.1 Å². The third-order valence-corrected chi connectivity index (χ3v) is 4.71. The van der Waals surface area contributed by atoms with Gasteiger partial charge in [-0.3, -0.25) is 0 Å². The number of aryl methyl sites for hydroxylation is 1. The number of hydrogen-bond donors (Lipinski definition) is 2. The Kier molecular flexibility index (Phi) is 6.37. The van der Waals surface area contributed by atoms with E-state index in [2.05, 4.69) is 11.8 Å². The Balaban J connectivity index is 3.06. The summed E-state index contributed by atoms with van der Waals surface area (Å²) in [7, 11) is -2.18. The van der Waals surface area contributed by atoms with Gasteiger partial charge in [0.1, 0.15) is 0 Å². The zero-order valence-corrected chi connectivity index (χ0v) is 13.3. The van der Waals surface area contributed by atoms with Crippen molar-refractivity contribution in [2.24, 2.45) is 0 Å². The molecule has 1 aromatic carbocycles. The lowest BCUT2D eigenvalue weighted by Crippen LogP contribution is -2.33. The van der Waals surface area contributed by atoms with Crippen molar-refractivity contribution in [3.05, 3.63) is 29.3 Å². The van der Waals surface area contributed by atoms with Crippen LogP contribution in [-0.2, 0) is 10.0 Å². The number of aliphatic hydroxyl groups excluding tert-OH is 2. The first-order chi connectivity index (χ1) is 9.78. The minimum atomic E-state index is -3.61. The molecule has 21 heavy (non-hydrogen) atoms. The summed E-state index contributed by atoms with van der Waals surface area (Å²) in [5, 5.41) is 18.0. The second-order valence-corrected chi connectivity index (χ2v) is 6.93. The maximum Gasteiger partial charge on any atom is 0.242 e. The molecule has 0 saturated heterocycles. The van der Waals surface area contributed by atoms with Crippen molar-refractivity contribution < 1.29 is 18.6 Å². The summed E-state index contributed by atoms with van der Waals surface area (Å²) in [6.45, 7) is 3.37. The molecule has 0 spiro atoms. The molecule has 0 bridgehead atoms. The first kappa shape index (κ1) is 17.7. The molecule has 0 fully saturated rings. The normalized spacial score (nSPS) is 12.9. The van der Waals surface area contributed by atoms with Crippen LogP contribution in [0.2, 0.25) is 0 Å². The smallest absolute Gasteiger partial charge is 0.242 e. The number of likely N-dealkylation sites (N-methyl/N-ethyl adjacent to an activating group) is 1. The van der Waals surface area contributed by atoms with Crippen LogP contribution in [0.3, 0.4) is 0 Å². The van der Waals surface area contributed by atoms with Gasteiger partial charge in [0.05, 0.1) is 17.6 Å². The maximum atomic E-state index is 12.3. The lowest BCUT2D eigenvalue weighted by molar-refractivity contribution is 0.171. The van der Waals surface area contributed by atoms with E-state index in [1.54, 1.807) is 19.1 Å². The van der Waals surface area contributed by atoms with Gasteiger partial charge in [-0.25, -0.2) is 8.42 Å². The second-order valence-electron chi connectivity index (χ2n) is 4.89. The largest absolute Gasteiger partial charge is 0.395 e. The molecule has 0 aliphatic carbocycles. The Morgan fingerprint density at radius 3 is 2.57 bits per heavy atom. The molecule has 1 aromatic rings. The molecule has 0 heterocycles. The molecular formula is C15H21NO4S. The van der Waals surface area contributed by atoms with Gasteiger partial charge in [0, 0.05) is 25.6 Å². The first-order valence-electron chi connectivity index (χ1n) is 6.64. The van der Waals surface area contributed by atoms with Gasteiger partial charge in [0.25, 0.3) is 0 Å². The van der Waals surface area contributed by atoms with Crippen LogP contribution in [0.1, 0.15) is 24.5 Å². The Morgan fingerprint density at radius 1 is 1.38 bits per heavy atom. The number of sulfonamides is 1. The molecule has 2 N–H and O–H groups in total. The summed E-state index contributed by atoms with van der Waals surface area (Å²) >= 11 is 0. The minimum absolute atomic E-state index is 0.00263. The highest BCUT2D eigenvalue weighted by molar-refractivity contribution is 7.89. The Morgan fingerprint density at radius 2 is 2.05 bits per heavy atom. The maximum absolute atomic E-state index is 12.3. The summed E-state index contributed by atoms with van der Waals surface area (Å²) in [5.41, 5.74) is 1.49. The standard InChI is InChI=1S/C15H21NO4S/c1-12-10-15(8-7-14(12)6-4-5-9-17)21(19,20)16(3)11-13(2)18/h7-8,10,13,17-18H,5,9,11H2,1-3H3. The molecule has 116 valence electrons. The molecule has 1 atom stereocenters. The SMILES string of the molecule is Cc1cc(S(=O)(=O)N(C)CC(C)O)ccc1C#CCCO. The first-order valence-corrected chi connectivity index (χ1v) is 8.08. The Labute approximate surface area is 126 Å². The van der Waals surface area contributed by atoms with Gasteiger partial charge < -0.3 is 10.2 Å². The monoisotopic (exact) mass is 311 g/mol. The topological polar surface area (TPSA) is 77.8 Å². The van der Waals surface area contributed by atoms with Crippen molar-refractivity contribution in [1.82, 2.24) is 4.31 Å². The van der Waals surface area contributed by atoms with Crippen LogP contribution >= 0.6 is 0 Å². The van der Waals surface area contributed by atoms with E-state index in [4.69, 9.17) is 5.11 Å². The molecule has 6 heteroatoms. The fraction of sp³-hybridized carbons (Fsp3) is 0.467. The minimum Gasteiger partial charge on any atom is -0.395 e. The quantitative estimate of drug-likeness (QED) is 0.786. The van der Waals surface area contributed by atoms with Crippen molar-refractivity contribution in [3.63, 3.8) is 0 Å². The highest BCUT2D eigenvalue weighted by Crippen LogP contribution is 2.18. The van der Waals surface area contributed by atoms with Crippen LogP contribution in [-0.4, -0.2) is 49.2 Å². The third kappa shape index (κ3) is 4.83. The zero-order chi connectivity index (χ0) is 16.0.